The van der Waals surface area contributed by atoms with E-state index >= 15 is 0 Å². The summed E-state index contributed by atoms with van der Waals surface area (Å²) in [7, 11) is 0. The molecule has 0 radical (unpaired) electrons. The normalized spacial score (nSPS) is 22.6. The average Bonchev–Trinajstić information content (AvgIpc) is 2.92. The Labute approximate surface area is 90.2 Å². The third-order valence-electron chi connectivity index (χ3n) is 3.30. The van der Waals surface area contributed by atoms with E-state index in [1.165, 1.54) is 36.0 Å². The molecule has 80 valence electrons. The zero-order valence-electron chi connectivity index (χ0n) is 9.08. The second-order valence-corrected chi connectivity index (χ2v) is 4.46. The molecule has 0 N–H and O–H groups in total. The van der Waals surface area contributed by atoms with Crippen LogP contribution in [0.1, 0.15) is 23.1 Å². The van der Waals surface area contributed by atoms with Crippen molar-refractivity contribution in [3.05, 3.63) is 28.8 Å². The summed E-state index contributed by atoms with van der Waals surface area (Å²) < 4.78 is 11.0. The number of epoxide rings is 1. The first-order valence-electron chi connectivity index (χ1n) is 5.70. The predicted molar refractivity (Wildman–Crippen MR) is 58.4 cm³/mol. The van der Waals surface area contributed by atoms with Gasteiger partial charge in [0.2, 0.25) is 0 Å². The summed E-state index contributed by atoms with van der Waals surface area (Å²) in [5, 5.41) is 0. The lowest BCUT2D eigenvalue weighted by atomic mass is 10.0. The molecule has 3 rings (SSSR count). The molecule has 0 amide bonds. The highest BCUT2D eigenvalue weighted by Crippen LogP contribution is 2.33. The van der Waals surface area contributed by atoms with Crippen LogP contribution in [0.4, 0.5) is 0 Å². The average molecular weight is 204 g/mol. The molecule has 0 aromatic heterocycles. The molecule has 1 atom stereocenters. The number of hydrogen-bond donors (Lipinski definition) is 0. The topological polar surface area (TPSA) is 21.8 Å². The smallest absolute Gasteiger partial charge is 0.122 e. The van der Waals surface area contributed by atoms with Crippen molar-refractivity contribution >= 4 is 0 Å². The van der Waals surface area contributed by atoms with E-state index in [1.807, 2.05) is 0 Å². The highest BCUT2D eigenvalue weighted by atomic mass is 16.6. The standard InChI is InChI=1S/C13H16O2/c1-9-5-6-13(15-8-10-7-14-10)12-4-2-3-11(9)12/h5-6,10H,2-4,7-8H2,1H3/t10-/m0/s1. The molecule has 2 aliphatic rings. The van der Waals surface area contributed by atoms with Gasteiger partial charge >= 0.3 is 0 Å². The molecule has 0 bridgehead atoms. The van der Waals surface area contributed by atoms with Crippen LogP contribution in [-0.2, 0) is 17.6 Å². The van der Waals surface area contributed by atoms with Crippen molar-refractivity contribution < 1.29 is 9.47 Å². The van der Waals surface area contributed by atoms with Crippen LogP contribution in [0.2, 0.25) is 0 Å². The summed E-state index contributed by atoms with van der Waals surface area (Å²) in [6.45, 7) is 3.78. The Balaban J connectivity index is 1.84. The predicted octanol–water partition coefficient (Wildman–Crippen LogP) is 2.26. The van der Waals surface area contributed by atoms with Crippen LogP contribution < -0.4 is 4.74 Å². The quantitative estimate of drug-likeness (QED) is 0.704. The maximum absolute atomic E-state index is 5.80. The second kappa shape index (κ2) is 3.53. The van der Waals surface area contributed by atoms with Crippen LogP contribution in [0.5, 0.6) is 5.75 Å². The van der Waals surface area contributed by atoms with Gasteiger partial charge < -0.3 is 9.47 Å². The molecule has 1 aromatic rings. The summed E-state index contributed by atoms with van der Waals surface area (Å²) in [4.78, 5) is 0. The number of ether oxygens (including phenoxy) is 2. The molecule has 0 unspecified atom stereocenters. The van der Waals surface area contributed by atoms with Crippen molar-refractivity contribution in [3.8, 4) is 5.75 Å². The molecule has 1 aliphatic heterocycles. The minimum Gasteiger partial charge on any atom is -0.490 e. The molecule has 1 fully saturated rings. The van der Waals surface area contributed by atoms with Gasteiger partial charge in [-0.25, -0.2) is 0 Å². The van der Waals surface area contributed by atoms with Crippen molar-refractivity contribution in [2.75, 3.05) is 13.2 Å². The van der Waals surface area contributed by atoms with Crippen molar-refractivity contribution in [2.24, 2.45) is 0 Å². The first-order valence-corrected chi connectivity index (χ1v) is 5.70. The van der Waals surface area contributed by atoms with Crippen LogP contribution in [0.15, 0.2) is 12.1 Å². The molecule has 2 heteroatoms. The van der Waals surface area contributed by atoms with Crippen LogP contribution in [0, 0.1) is 6.92 Å². The lowest BCUT2D eigenvalue weighted by molar-refractivity contribution is 0.261. The SMILES string of the molecule is Cc1ccc(OC[C@@H]2CO2)c2c1CCC2. The molecular weight excluding hydrogens is 188 g/mol. The van der Waals surface area contributed by atoms with Gasteiger partial charge in [0.05, 0.1) is 6.61 Å². The largest absolute Gasteiger partial charge is 0.490 e. The number of benzene rings is 1. The van der Waals surface area contributed by atoms with Gasteiger partial charge in [0.25, 0.3) is 0 Å². The van der Waals surface area contributed by atoms with E-state index in [9.17, 15) is 0 Å². The number of aryl methyl sites for hydroxylation is 1. The van der Waals surface area contributed by atoms with E-state index in [-0.39, 0.29) is 0 Å². The summed E-state index contributed by atoms with van der Waals surface area (Å²) in [6.07, 6.45) is 4.02. The molecule has 1 aromatic carbocycles. The van der Waals surface area contributed by atoms with Gasteiger partial charge in [0.15, 0.2) is 0 Å². The van der Waals surface area contributed by atoms with E-state index in [2.05, 4.69) is 19.1 Å². The van der Waals surface area contributed by atoms with Gasteiger partial charge in [-0.15, -0.1) is 0 Å². The fourth-order valence-electron chi connectivity index (χ4n) is 2.33. The maximum Gasteiger partial charge on any atom is 0.122 e. The highest BCUT2D eigenvalue weighted by Gasteiger charge is 2.24. The van der Waals surface area contributed by atoms with Gasteiger partial charge in [-0.05, 0) is 48.9 Å². The first-order chi connectivity index (χ1) is 7.34. The van der Waals surface area contributed by atoms with E-state index in [0.717, 1.165) is 19.0 Å². The summed E-state index contributed by atoms with van der Waals surface area (Å²) in [6, 6.07) is 4.29. The molecule has 0 spiro atoms. The Morgan fingerprint density at radius 1 is 1.33 bits per heavy atom. The Morgan fingerprint density at radius 2 is 2.13 bits per heavy atom. The van der Waals surface area contributed by atoms with Gasteiger partial charge in [-0.1, -0.05) is 6.07 Å². The van der Waals surface area contributed by atoms with E-state index < -0.39 is 0 Å². The summed E-state index contributed by atoms with van der Waals surface area (Å²) >= 11 is 0. The van der Waals surface area contributed by atoms with E-state index in [1.54, 1.807) is 0 Å². The van der Waals surface area contributed by atoms with Gasteiger partial charge in [0.1, 0.15) is 18.5 Å². The third-order valence-corrected chi connectivity index (χ3v) is 3.30. The van der Waals surface area contributed by atoms with Crippen molar-refractivity contribution in [2.45, 2.75) is 32.3 Å². The number of hydrogen-bond acceptors (Lipinski definition) is 2. The first kappa shape index (κ1) is 9.22. The zero-order chi connectivity index (χ0) is 10.3. The molecule has 1 saturated heterocycles. The van der Waals surface area contributed by atoms with Crippen LogP contribution >= 0.6 is 0 Å². The van der Waals surface area contributed by atoms with Gasteiger partial charge in [0, 0.05) is 0 Å². The third kappa shape index (κ3) is 1.74. The molecule has 15 heavy (non-hydrogen) atoms. The van der Waals surface area contributed by atoms with E-state index in [4.69, 9.17) is 9.47 Å². The minimum atomic E-state index is 0.350. The van der Waals surface area contributed by atoms with Crippen LogP contribution in [0.25, 0.3) is 0 Å². The molecule has 1 aliphatic carbocycles. The fourth-order valence-corrected chi connectivity index (χ4v) is 2.33. The molecular formula is C13H16O2. The van der Waals surface area contributed by atoms with Crippen molar-refractivity contribution in [1.29, 1.82) is 0 Å². The highest BCUT2D eigenvalue weighted by molar-refractivity contribution is 5.47. The number of fused-ring (bicyclic) bond motifs is 1. The summed E-state index contributed by atoms with van der Waals surface area (Å²) in [5.74, 6) is 1.09. The lowest BCUT2D eigenvalue weighted by Gasteiger charge is -2.11. The van der Waals surface area contributed by atoms with E-state index in [0.29, 0.717) is 6.10 Å². The second-order valence-electron chi connectivity index (χ2n) is 4.46. The van der Waals surface area contributed by atoms with Crippen molar-refractivity contribution in [3.63, 3.8) is 0 Å². The van der Waals surface area contributed by atoms with Gasteiger partial charge in [-0.3, -0.25) is 0 Å². The molecule has 2 nitrogen and oxygen atoms in total. The summed E-state index contributed by atoms with van der Waals surface area (Å²) in [5.41, 5.74) is 4.37. The van der Waals surface area contributed by atoms with Crippen LogP contribution in [-0.4, -0.2) is 19.3 Å². The fraction of sp³-hybridized carbons (Fsp3) is 0.538. The van der Waals surface area contributed by atoms with Gasteiger partial charge in [-0.2, -0.15) is 0 Å². The van der Waals surface area contributed by atoms with Crippen molar-refractivity contribution in [1.82, 2.24) is 0 Å². The minimum absolute atomic E-state index is 0.350. The Kier molecular flexibility index (Phi) is 2.17. The number of rotatable bonds is 3. The zero-order valence-corrected chi connectivity index (χ0v) is 9.08. The lowest BCUT2D eigenvalue weighted by Crippen LogP contribution is -2.06. The van der Waals surface area contributed by atoms with Crippen LogP contribution in [0.3, 0.4) is 0 Å². The maximum atomic E-state index is 5.80. The Hall–Kier alpha value is -1.02. The molecule has 0 saturated carbocycles. The Bertz CT molecular complexity index is 380. The monoisotopic (exact) mass is 204 g/mol. The molecule has 1 heterocycles. The Morgan fingerprint density at radius 3 is 2.93 bits per heavy atom.